The Morgan fingerprint density at radius 2 is 1.93 bits per heavy atom. The van der Waals surface area contributed by atoms with Gasteiger partial charge in [0, 0.05) is 37.2 Å². The number of hydrogen-bond acceptors (Lipinski definition) is 6. The van der Waals surface area contributed by atoms with Gasteiger partial charge in [-0.15, -0.1) is 0 Å². The third-order valence-electron chi connectivity index (χ3n) is 4.39. The minimum Gasteiger partial charge on any atom is -0.494 e. The summed E-state index contributed by atoms with van der Waals surface area (Å²) in [6, 6.07) is 5.86. The monoisotopic (exact) mass is 398 g/mol. The van der Waals surface area contributed by atoms with Gasteiger partial charge in [0.1, 0.15) is 5.75 Å². The minimum atomic E-state index is -0.493. The minimum absolute atomic E-state index is 0.0618. The number of nitrogens with zero attached hydrogens (tertiary/aromatic N) is 3. The van der Waals surface area contributed by atoms with Crippen molar-refractivity contribution in [3.8, 4) is 16.3 Å². The van der Waals surface area contributed by atoms with Gasteiger partial charge in [0.2, 0.25) is 5.91 Å². The van der Waals surface area contributed by atoms with Crippen molar-refractivity contribution in [1.82, 2.24) is 9.97 Å². The predicted octanol–water partition coefficient (Wildman–Crippen LogP) is 4.73. The lowest BCUT2D eigenvalue weighted by molar-refractivity contribution is -0.123. The highest BCUT2D eigenvalue weighted by atomic mass is 32.1. The average molecular weight is 399 g/mol. The number of carbonyl (C=O) groups is 1. The van der Waals surface area contributed by atoms with E-state index in [1.54, 1.807) is 18.4 Å². The van der Waals surface area contributed by atoms with Gasteiger partial charge >= 0.3 is 0 Å². The van der Waals surface area contributed by atoms with Crippen molar-refractivity contribution >= 4 is 39.0 Å². The summed E-state index contributed by atoms with van der Waals surface area (Å²) in [6.07, 6.45) is 1.85. The van der Waals surface area contributed by atoms with Crippen molar-refractivity contribution in [2.24, 2.45) is 5.41 Å². The molecular weight excluding hydrogens is 372 g/mol. The molecule has 0 fully saturated rings. The number of aromatic nitrogens is 2. The lowest BCUT2D eigenvalue weighted by atomic mass is 9.95. The third-order valence-corrected chi connectivity index (χ3v) is 5.58. The van der Waals surface area contributed by atoms with Crippen LogP contribution in [0.2, 0.25) is 0 Å². The predicted molar refractivity (Wildman–Crippen MR) is 117 cm³/mol. The first-order valence-corrected chi connectivity index (χ1v) is 9.86. The highest BCUT2D eigenvalue weighted by Crippen LogP contribution is 2.35. The van der Waals surface area contributed by atoms with Crippen LogP contribution in [-0.2, 0) is 4.79 Å². The summed E-state index contributed by atoms with van der Waals surface area (Å²) >= 11 is 1.60. The van der Waals surface area contributed by atoms with Gasteiger partial charge < -0.3 is 15.0 Å². The van der Waals surface area contributed by atoms with Crippen molar-refractivity contribution < 1.29 is 9.53 Å². The molecule has 7 heteroatoms. The first kappa shape index (κ1) is 20.1. The second kappa shape index (κ2) is 7.39. The number of anilines is 2. The molecule has 3 rings (SSSR count). The summed E-state index contributed by atoms with van der Waals surface area (Å²) in [4.78, 5) is 24.7. The summed E-state index contributed by atoms with van der Waals surface area (Å²) in [6.45, 7) is 7.69. The van der Waals surface area contributed by atoms with E-state index in [2.05, 4.69) is 16.4 Å². The maximum Gasteiger partial charge on any atom is 0.229 e. The van der Waals surface area contributed by atoms with Crippen LogP contribution < -0.4 is 15.0 Å². The Kier molecular flexibility index (Phi) is 5.30. The number of nitrogens with one attached hydrogen (secondary N) is 1. The van der Waals surface area contributed by atoms with Gasteiger partial charge in [0.05, 0.1) is 28.9 Å². The quantitative estimate of drug-likeness (QED) is 0.688. The van der Waals surface area contributed by atoms with Crippen LogP contribution in [0.3, 0.4) is 0 Å². The molecular formula is C21H26N4O2S. The van der Waals surface area contributed by atoms with Crippen LogP contribution in [0.4, 0.5) is 10.8 Å². The Labute approximate surface area is 169 Å². The summed E-state index contributed by atoms with van der Waals surface area (Å²) in [7, 11) is 5.54. The lowest BCUT2D eigenvalue weighted by Crippen LogP contribution is -2.27. The molecule has 0 aliphatic heterocycles. The van der Waals surface area contributed by atoms with Crippen LogP contribution in [0, 0.1) is 12.3 Å². The second-order valence-electron chi connectivity index (χ2n) is 8.00. The van der Waals surface area contributed by atoms with E-state index in [-0.39, 0.29) is 5.91 Å². The molecule has 1 N–H and O–H groups in total. The highest BCUT2D eigenvalue weighted by molar-refractivity contribution is 7.18. The Morgan fingerprint density at radius 3 is 2.50 bits per heavy atom. The second-order valence-corrected chi connectivity index (χ2v) is 9.01. The van der Waals surface area contributed by atoms with Crippen molar-refractivity contribution in [2.75, 3.05) is 31.4 Å². The van der Waals surface area contributed by atoms with Crippen molar-refractivity contribution in [1.29, 1.82) is 0 Å². The van der Waals surface area contributed by atoms with Crippen LogP contribution in [0.25, 0.3) is 21.5 Å². The van der Waals surface area contributed by atoms with E-state index in [9.17, 15) is 4.79 Å². The Balaban J connectivity index is 2.07. The summed E-state index contributed by atoms with van der Waals surface area (Å²) in [5.41, 5.74) is 2.94. The van der Waals surface area contributed by atoms with E-state index < -0.39 is 5.41 Å². The fourth-order valence-corrected chi connectivity index (χ4v) is 3.51. The van der Waals surface area contributed by atoms with E-state index in [1.165, 1.54) is 0 Å². The van der Waals surface area contributed by atoms with Crippen molar-refractivity contribution in [3.63, 3.8) is 0 Å². The van der Waals surface area contributed by atoms with Crippen LogP contribution in [0.15, 0.2) is 24.4 Å². The zero-order chi connectivity index (χ0) is 20.6. The summed E-state index contributed by atoms with van der Waals surface area (Å²) < 4.78 is 5.52. The van der Waals surface area contributed by atoms with Crippen LogP contribution in [-0.4, -0.2) is 37.1 Å². The fourth-order valence-electron chi connectivity index (χ4n) is 2.71. The van der Waals surface area contributed by atoms with Gasteiger partial charge in [0.25, 0.3) is 0 Å². The van der Waals surface area contributed by atoms with Gasteiger partial charge in [-0.3, -0.25) is 4.79 Å². The number of carbonyl (C=O) groups excluding carboxylic acids is 1. The molecule has 0 saturated carbocycles. The van der Waals surface area contributed by atoms with Gasteiger partial charge in [-0.1, -0.05) is 32.1 Å². The topological polar surface area (TPSA) is 67.4 Å². The third kappa shape index (κ3) is 3.94. The molecule has 0 aliphatic rings. The smallest absolute Gasteiger partial charge is 0.229 e. The van der Waals surface area contributed by atoms with Gasteiger partial charge in [-0.05, 0) is 24.6 Å². The molecule has 6 nitrogen and oxygen atoms in total. The lowest BCUT2D eigenvalue weighted by Gasteiger charge is -2.19. The van der Waals surface area contributed by atoms with Gasteiger partial charge in [-0.25, -0.2) is 9.97 Å². The van der Waals surface area contributed by atoms with Crippen LogP contribution in [0.5, 0.6) is 5.75 Å². The average Bonchev–Trinajstić information content (AvgIpc) is 3.11. The molecule has 0 saturated heterocycles. The number of thiazole rings is 1. The van der Waals surface area contributed by atoms with E-state index in [0.717, 1.165) is 32.2 Å². The van der Waals surface area contributed by atoms with Gasteiger partial charge in [0.15, 0.2) is 5.13 Å². The number of pyridine rings is 1. The zero-order valence-corrected chi connectivity index (χ0v) is 18.2. The molecule has 148 valence electrons. The summed E-state index contributed by atoms with van der Waals surface area (Å²) in [5.74, 6) is 0.528. The molecule has 0 spiro atoms. The molecule has 1 aromatic carbocycles. The maximum atomic E-state index is 12.4. The molecule has 0 atom stereocenters. The van der Waals surface area contributed by atoms with E-state index in [0.29, 0.717) is 11.4 Å². The normalized spacial score (nSPS) is 11.5. The molecule has 0 radical (unpaired) electrons. The molecule has 2 heterocycles. The first-order chi connectivity index (χ1) is 13.1. The molecule has 2 aromatic heterocycles. The van der Waals surface area contributed by atoms with Crippen LogP contribution >= 0.6 is 11.3 Å². The van der Waals surface area contributed by atoms with E-state index in [4.69, 9.17) is 9.72 Å². The Hall–Kier alpha value is -2.67. The van der Waals surface area contributed by atoms with E-state index >= 15 is 0 Å². The number of ether oxygens (including phenoxy) is 1. The SMILES string of the molecule is COc1cc2nc(-c3cnc(N(C)C)s3)cc(C)c2cc1NC(=O)C(C)(C)C. The Morgan fingerprint density at radius 1 is 1.21 bits per heavy atom. The number of benzene rings is 1. The van der Waals surface area contributed by atoms with Crippen molar-refractivity contribution in [3.05, 3.63) is 30.0 Å². The number of methoxy groups -OCH3 is 1. The molecule has 0 bridgehead atoms. The summed E-state index contributed by atoms with van der Waals surface area (Å²) in [5, 5.41) is 4.89. The molecule has 1 amide bonds. The van der Waals surface area contributed by atoms with E-state index in [1.807, 2.05) is 65.0 Å². The Bertz CT molecular complexity index is 1030. The molecule has 0 aliphatic carbocycles. The maximum absolute atomic E-state index is 12.4. The fraction of sp³-hybridized carbons (Fsp3) is 0.381. The number of fused-ring (bicyclic) bond motifs is 1. The van der Waals surface area contributed by atoms with Crippen LogP contribution in [0.1, 0.15) is 26.3 Å². The largest absolute Gasteiger partial charge is 0.494 e. The number of rotatable bonds is 4. The molecule has 28 heavy (non-hydrogen) atoms. The zero-order valence-electron chi connectivity index (χ0n) is 17.4. The molecule has 0 unspecified atom stereocenters. The first-order valence-electron chi connectivity index (χ1n) is 9.04. The highest BCUT2D eigenvalue weighted by Gasteiger charge is 2.23. The molecule has 3 aromatic rings. The number of amides is 1. The van der Waals surface area contributed by atoms with Gasteiger partial charge in [-0.2, -0.15) is 0 Å². The number of aryl methyl sites for hydroxylation is 1. The number of hydrogen-bond donors (Lipinski definition) is 1. The standard InChI is InChI=1S/C21H26N4O2S/c1-12-8-16(18-11-22-20(28-18)25(5)6)23-14-10-17(27-7)15(9-13(12)14)24-19(26)21(2,3)4/h8-11H,1-7H3,(H,24,26). The van der Waals surface area contributed by atoms with Crippen molar-refractivity contribution in [2.45, 2.75) is 27.7 Å².